The number of nitrogens with zero attached hydrogens (tertiary/aromatic N) is 3. The van der Waals surface area contributed by atoms with Crippen LogP contribution >= 0.6 is 11.6 Å². The van der Waals surface area contributed by atoms with E-state index in [0.717, 1.165) is 59.9 Å². The van der Waals surface area contributed by atoms with E-state index in [1.54, 1.807) is 25.4 Å². The third kappa shape index (κ3) is 7.41. The molecule has 8 nitrogen and oxygen atoms in total. The number of anilines is 3. The molecule has 1 aliphatic rings. The monoisotopic (exact) mass is 577 g/mol. The van der Waals surface area contributed by atoms with Crippen molar-refractivity contribution in [2.24, 2.45) is 0 Å². The molecule has 0 saturated carbocycles. The number of hydrogen-bond acceptors (Lipinski definition) is 7. The molecule has 1 unspecified atom stereocenters. The minimum atomic E-state index is -3.39. The number of methoxy groups -OCH3 is 1. The number of halogens is 1. The Morgan fingerprint density at radius 2 is 1.91 bits per heavy atom. The molecule has 0 spiro atoms. The number of hydrogen-bond donors (Lipinski definition) is 2. The second kappa shape index (κ2) is 11.7. The van der Waals surface area contributed by atoms with E-state index >= 15 is 0 Å². The summed E-state index contributed by atoms with van der Waals surface area (Å²) in [6.45, 7) is 3.74. The topological polar surface area (TPSA) is 96.5 Å². The molecule has 2 aromatic carbocycles. The number of rotatable bonds is 9. The normalized spacial score (nSPS) is 14.6. The molecule has 1 atom stereocenters. The molecule has 3 aromatic rings. The number of sulfonamides is 1. The van der Waals surface area contributed by atoms with Gasteiger partial charge in [-0.15, -0.1) is 0 Å². The Balaban J connectivity index is 1.50. The van der Waals surface area contributed by atoms with Crippen molar-refractivity contribution in [3.05, 3.63) is 64.8 Å². The van der Waals surface area contributed by atoms with Crippen LogP contribution in [0.5, 0.6) is 0 Å². The summed E-state index contributed by atoms with van der Waals surface area (Å²) >= 11 is 5.41. The van der Waals surface area contributed by atoms with Gasteiger partial charge in [0.1, 0.15) is 0 Å². The zero-order chi connectivity index (χ0) is 24.8. The summed E-state index contributed by atoms with van der Waals surface area (Å²) in [5.74, 6) is 0.469. The van der Waals surface area contributed by atoms with Crippen LogP contribution in [0.15, 0.2) is 48.7 Å². The van der Waals surface area contributed by atoms with Gasteiger partial charge in [0.2, 0.25) is 0 Å². The molecule has 35 heavy (non-hydrogen) atoms. The number of aromatic nitrogens is 2. The van der Waals surface area contributed by atoms with Crippen molar-refractivity contribution in [2.75, 3.05) is 49.6 Å². The van der Waals surface area contributed by atoms with Gasteiger partial charge in [0.05, 0.1) is 0 Å². The molecule has 186 valence electrons. The molecule has 4 rings (SSSR count). The van der Waals surface area contributed by atoms with Crippen LogP contribution in [0.4, 0.5) is 17.3 Å². The maximum absolute atomic E-state index is 11.8. The van der Waals surface area contributed by atoms with Crippen LogP contribution in [0.25, 0.3) is 0 Å². The number of nitrogens with one attached hydrogen (secondary N) is 2. The summed E-state index contributed by atoms with van der Waals surface area (Å²) in [5, 5.41) is 3.80. The third-order valence-electron chi connectivity index (χ3n) is 5.69. The molecule has 0 radical (unpaired) electrons. The van der Waals surface area contributed by atoms with Gasteiger partial charge in [0, 0.05) is 7.11 Å². The fourth-order valence-electron chi connectivity index (χ4n) is 3.95. The first-order valence-electron chi connectivity index (χ1n) is 11.3. The molecular formula is C24H29AsClN5O3S. The Labute approximate surface area is 218 Å². The van der Waals surface area contributed by atoms with E-state index in [9.17, 15) is 8.42 Å². The quantitative estimate of drug-likeness (QED) is 0.374. The first-order chi connectivity index (χ1) is 16.8. The van der Waals surface area contributed by atoms with Gasteiger partial charge in [-0.1, -0.05) is 0 Å². The third-order valence-corrected chi connectivity index (χ3v) is 9.66. The summed E-state index contributed by atoms with van der Waals surface area (Å²) < 4.78 is 32.9. The summed E-state index contributed by atoms with van der Waals surface area (Å²) in [4.78, 5) is 11.5. The van der Waals surface area contributed by atoms with Gasteiger partial charge in [-0.2, -0.15) is 0 Å². The molecule has 1 aliphatic heterocycles. The van der Waals surface area contributed by atoms with E-state index in [4.69, 9.17) is 16.3 Å². The van der Waals surface area contributed by atoms with Crippen molar-refractivity contribution in [1.29, 1.82) is 0 Å². The van der Waals surface area contributed by atoms with E-state index < -0.39 is 25.8 Å². The summed E-state index contributed by atoms with van der Waals surface area (Å²) in [6.07, 6.45) is 4.74. The number of para-hydroxylation sites is 1. The van der Waals surface area contributed by atoms with Crippen LogP contribution in [0.3, 0.4) is 0 Å². The summed E-state index contributed by atoms with van der Waals surface area (Å²) in [6, 6.07) is 13.7. The SMILES string of the molecule is COCCN1CCc2ccc(Nc3ncc(Cl)c([AsH]c4ccccc4NS(C)(=O)=O)n3)cc2CC1. The summed E-state index contributed by atoms with van der Waals surface area (Å²) in [5.41, 5.74) is 4.19. The Hall–Kier alpha value is -2.16. The van der Waals surface area contributed by atoms with Crippen LogP contribution < -0.4 is 18.9 Å². The average molecular weight is 578 g/mol. The van der Waals surface area contributed by atoms with Gasteiger partial charge in [0.15, 0.2) is 0 Å². The predicted molar refractivity (Wildman–Crippen MR) is 144 cm³/mol. The molecule has 2 N–H and O–H groups in total. The minimum absolute atomic E-state index is 0.469. The molecular weight excluding hydrogens is 549 g/mol. The standard InChI is InChI=1S/C24H29AsClN5O3S/c1-34-14-13-31-11-9-17-7-8-19(15-18(17)10-12-31)28-24-27-16-21(26)23(29-24)25-20-5-3-4-6-22(20)30-35(2,32)33/h3-8,15-16,25,30H,9-14H2,1-2H3,(H,27,28,29). The maximum atomic E-state index is 11.8. The second-order valence-corrected chi connectivity index (χ2v) is 13.2. The Morgan fingerprint density at radius 1 is 1.14 bits per heavy atom. The van der Waals surface area contributed by atoms with Crippen molar-refractivity contribution in [1.82, 2.24) is 14.9 Å². The van der Waals surface area contributed by atoms with Crippen molar-refractivity contribution < 1.29 is 13.2 Å². The zero-order valence-corrected chi connectivity index (χ0v) is 23.4. The van der Waals surface area contributed by atoms with Crippen LogP contribution in [-0.4, -0.2) is 78.6 Å². The van der Waals surface area contributed by atoms with Gasteiger partial charge in [0.25, 0.3) is 0 Å². The van der Waals surface area contributed by atoms with E-state index in [0.29, 0.717) is 16.7 Å². The van der Waals surface area contributed by atoms with Crippen molar-refractivity contribution in [3.8, 4) is 0 Å². The number of ether oxygens (including phenoxy) is 1. The fourth-order valence-corrected chi connectivity index (χ4v) is 7.28. The molecule has 0 amide bonds. The zero-order valence-electron chi connectivity index (χ0n) is 19.7. The molecule has 2 heterocycles. The van der Waals surface area contributed by atoms with Crippen LogP contribution in [0.1, 0.15) is 11.1 Å². The van der Waals surface area contributed by atoms with E-state index in [1.165, 1.54) is 11.1 Å². The fraction of sp³-hybridized carbons (Fsp3) is 0.333. The van der Waals surface area contributed by atoms with Crippen LogP contribution in [0.2, 0.25) is 5.02 Å². The van der Waals surface area contributed by atoms with Crippen molar-refractivity contribution in [2.45, 2.75) is 12.8 Å². The Kier molecular flexibility index (Phi) is 8.68. The van der Waals surface area contributed by atoms with Gasteiger partial charge in [-0.25, -0.2) is 0 Å². The Morgan fingerprint density at radius 3 is 2.69 bits per heavy atom. The number of fused-ring (bicyclic) bond motifs is 1. The summed E-state index contributed by atoms with van der Waals surface area (Å²) in [7, 11) is -1.65. The van der Waals surface area contributed by atoms with E-state index in [-0.39, 0.29) is 0 Å². The van der Waals surface area contributed by atoms with E-state index in [2.05, 4.69) is 43.1 Å². The van der Waals surface area contributed by atoms with E-state index in [1.807, 2.05) is 12.1 Å². The molecule has 0 bridgehead atoms. The second-order valence-electron chi connectivity index (χ2n) is 8.38. The first-order valence-corrected chi connectivity index (χ1v) is 15.6. The van der Waals surface area contributed by atoms with Gasteiger partial charge in [-0.05, 0) is 0 Å². The average Bonchev–Trinajstić information content (AvgIpc) is 3.02. The van der Waals surface area contributed by atoms with Gasteiger partial charge >= 0.3 is 207 Å². The predicted octanol–water partition coefficient (Wildman–Crippen LogP) is 1.68. The molecule has 1 aromatic heterocycles. The molecule has 11 heteroatoms. The first kappa shape index (κ1) is 25.9. The van der Waals surface area contributed by atoms with Crippen LogP contribution in [-0.2, 0) is 27.6 Å². The van der Waals surface area contributed by atoms with Crippen molar-refractivity contribution >= 4 is 63.5 Å². The van der Waals surface area contributed by atoms with Crippen molar-refractivity contribution in [3.63, 3.8) is 0 Å². The Bertz CT molecular complexity index is 1290. The molecule has 0 fully saturated rings. The van der Waals surface area contributed by atoms with Gasteiger partial charge in [-0.3, -0.25) is 0 Å². The molecule has 0 saturated heterocycles. The van der Waals surface area contributed by atoms with Gasteiger partial charge < -0.3 is 4.74 Å². The number of benzene rings is 2. The van der Waals surface area contributed by atoms with Crippen LogP contribution in [0, 0.1) is 0 Å². The molecule has 0 aliphatic carbocycles.